The molecule has 25 heavy (non-hydrogen) atoms. The lowest BCUT2D eigenvalue weighted by atomic mass is 10.2. The van der Waals surface area contributed by atoms with Gasteiger partial charge in [-0.15, -0.1) is 0 Å². The zero-order valence-corrected chi connectivity index (χ0v) is 14.0. The van der Waals surface area contributed by atoms with Gasteiger partial charge < -0.3 is 9.32 Å². The first-order valence-electron chi connectivity index (χ1n) is 7.85. The van der Waals surface area contributed by atoms with Crippen molar-refractivity contribution in [2.45, 2.75) is 12.5 Å². The Morgan fingerprint density at radius 3 is 2.76 bits per heavy atom. The first-order valence-corrected chi connectivity index (χ1v) is 8.84. The highest BCUT2D eigenvalue weighted by atomic mass is 32.2. The van der Waals surface area contributed by atoms with E-state index in [9.17, 15) is 19.2 Å². The van der Waals surface area contributed by atoms with E-state index in [-0.39, 0.29) is 40.7 Å². The topological polar surface area (TPSA) is 87.9 Å². The molecule has 3 heterocycles. The number of amides is 3. The summed E-state index contributed by atoms with van der Waals surface area (Å²) in [5, 5.41) is 0.158. The largest absolute Gasteiger partial charge is 0.451 e. The fraction of sp³-hybridized carbons (Fsp3) is 0.294. The van der Waals surface area contributed by atoms with E-state index in [2.05, 4.69) is 0 Å². The van der Waals surface area contributed by atoms with E-state index in [4.69, 9.17) is 4.42 Å². The fourth-order valence-electron chi connectivity index (χ4n) is 3.22. The van der Waals surface area contributed by atoms with Gasteiger partial charge in [-0.1, -0.05) is 23.9 Å². The van der Waals surface area contributed by atoms with Gasteiger partial charge in [-0.2, -0.15) is 0 Å². The number of carbonyl (C=O) groups excluding carboxylic acids is 3. The second kappa shape index (κ2) is 6.03. The van der Waals surface area contributed by atoms with Crippen LogP contribution in [0.5, 0.6) is 0 Å². The Kier molecular flexibility index (Phi) is 3.84. The van der Waals surface area contributed by atoms with Crippen LogP contribution in [0, 0.1) is 0 Å². The van der Waals surface area contributed by atoms with Gasteiger partial charge in [0, 0.05) is 19.2 Å². The van der Waals surface area contributed by atoms with Crippen LogP contribution in [0.15, 0.2) is 39.5 Å². The van der Waals surface area contributed by atoms with Crippen molar-refractivity contribution in [3.05, 3.63) is 46.3 Å². The molecule has 2 fully saturated rings. The molecule has 2 aromatic rings. The van der Waals surface area contributed by atoms with Gasteiger partial charge in [-0.05, 0) is 18.6 Å². The number of imide groups is 1. The minimum Gasteiger partial charge on any atom is -0.451 e. The SMILES string of the molecule is O=C(c1cc(=O)c2ccccc2o1)N1CCC(N2C(=O)CSC2=O)C1. The van der Waals surface area contributed by atoms with E-state index in [1.807, 2.05) is 0 Å². The molecule has 128 valence electrons. The highest BCUT2D eigenvalue weighted by Gasteiger charge is 2.40. The number of thioether (sulfide) groups is 1. The Morgan fingerprint density at radius 1 is 1.20 bits per heavy atom. The van der Waals surface area contributed by atoms with Crippen LogP contribution in [0.25, 0.3) is 11.0 Å². The van der Waals surface area contributed by atoms with Crippen molar-refractivity contribution in [1.29, 1.82) is 0 Å². The van der Waals surface area contributed by atoms with E-state index >= 15 is 0 Å². The zero-order chi connectivity index (χ0) is 17.6. The molecule has 0 spiro atoms. The highest BCUT2D eigenvalue weighted by Crippen LogP contribution is 2.27. The summed E-state index contributed by atoms with van der Waals surface area (Å²) in [5.41, 5.74) is 0.0811. The Bertz CT molecular complexity index is 937. The molecular weight excluding hydrogens is 344 g/mol. The lowest BCUT2D eigenvalue weighted by molar-refractivity contribution is -0.126. The molecule has 1 aromatic carbocycles. The molecule has 2 aliphatic rings. The van der Waals surface area contributed by atoms with Crippen molar-refractivity contribution in [3.63, 3.8) is 0 Å². The van der Waals surface area contributed by atoms with Crippen molar-refractivity contribution in [2.24, 2.45) is 0 Å². The second-order valence-electron chi connectivity index (χ2n) is 5.98. The van der Waals surface area contributed by atoms with Crippen molar-refractivity contribution in [2.75, 3.05) is 18.8 Å². The standard InChI is InChI=1S/C17H14N2O5S/c20-12-7-14(24-13-4-2-1-3-11(12)13)16(22)18-6-5-10(8-18)19-15(21)9-25-17(19)23/h1-4,7,10H,5-6,8-9H2. The molecule has 0 saturated carbocycles. The molecule has 2 saturated heterocycles. The maximum atomic E-state index is 12.7. The van der Waals surface area contributed by atoms with Gasteiger partial charge in [-0.25, -0.2) is 0 Å². The van der Waals surface area contributed by atoms with Gasteiger partial charge in [0.2, 0.25) is 5.91 Å². The van der Waals surface area contributed by atoms with Crippen molar-refractivity contribution < 1.29 is 18.8 Å². The van der Waals surface area contributed by atoms with Crippen LogP contribution in [-0.4, -0.2) is 51.7 Å². The maximum Gasteiger partial charge on any atom is 0.289 e. The minimum absolute atomic E-state index is 0.0298. The summed E-state index contributed by atoms with van der Waals surface area (Å²) in [6.07, 6.45) is 0.529. The van der Waals surface area contributed by atoms with E-state index < -0.39 is 5.91 Å². The number of likely N-dealkylation sites (tertiary alicyclic amines) is 1. The van der Waals surface area contributed by atoms with E-state index in [1.54, 1.807) is 24.3 Å². The van der Waals surface area contributed by atoms with E-state index in [0.717, 1.165) is 11.8 Å². The summed E-state index contributed by atoms with van der Waals surface area (Å²) in [6, 6.07) is 7.62. The van der Waals surface area contributed by atoms with Crippen molar-refractivity contribution >= 4 is 39.8 Å². The van der Waals surface area contributed by atoms with Crippen LogP contribution in [0.2, 0.25) is 0 Å². The number of rotatable bonds is 2. The van der Waals surface area contributed by atoms with Crippen molar-refractivity contribution in [1.82, 2.24) is 9.80 Å². The summed E-state index contributed by atoms with van der Waals surface area (Å²) < 4.78 is 5.58. The molecule has 2 aliphatic heterocycles. The van der Waals surface area contributed by atoms with E-state index in [0.29, 0.717) is 23.9 Å². The summed E-state index contributed by atoms with van der Waals surface area (Å²) in [4.78, 5) is 51.2. The van der Waals surface area contributed by atoms with E-state index in [1.165, 1.54) is 15.9 Å². The molecule has 3 amide bonds. The normalized spacial score (nSPS) is 20.7. The average molecular weight is 358 g/mol. The number of hydrogen-bond donors (Lipinski definition) is 0. The Labute approximate surface area is 146 Å². The van der Waals surface area contributed by atoms with Gasteiger partial charge in [0.25, 0.3) is 11.1 Å². The van der Waals surface area contributed by atoms with Gasteiger partial charge in [0.05, 0.1) is 17.2 Å². The third-order valence-corrected chi connectivity index (χ3v) is 5.28. The number of nitrogens with zero attached hydrogens (tertiary/aromatic N) is 2. The molecular formula is C17H14N2O5S. The summed E-state index contributed by atoms with van der Waals surface area (Å²) in [6.45, 7) is 0.662. The predicted molar refractivity (Wildman–Crippen MR) is 91.5 cm³/mol. The first kappa shape index (κ1) is 15.9. The number of hydrogen-bond acceptors (Lipinski definition) is 6. The van der Waals surface area contributed by atoms with Gasteiger partial charge in [0.15, 0.2) is 11.2 Å². The fourth-order valence-corrected chi connectivity index (χ4v) is 4.00. The third kappa shape index (κ3) is 2.72. The van der Waals surface area contributed by atoms with Crippen LogP contribution >= 0.6 is 11.8 Å². The monoisotopic (exact) mass is 358 g/mol. The van der Waals surface area contributed by atoms with Crippen LogP contribution in [0.4, 0.5) is 4.79 Å². The average Bonchev–Trinajstić information content (AvgIpc) is 3.21. The number of fused-ring (bicyclic) bond motifs is 1. The summed E-state index contributed by atoms with van der Waals surface area (Å²) >= 11 is 0.984. The second-order valence-corrected chi connectivity index (χ2v) is 6.91. The first-order chi connectivity index (χ1) is 12.0. The van der Waals surface area contributed by atoms with Gasteiger partial charge in [0.1, 0.15) is 5.58 Å². The lowest BCUT2D eigenvalue weighted by Gasteiger charge is -2.21. The van der Waals surface area contributed by atoms with Crippen molar-refractivity contribution in [3.8, 4) is 0 Å². The zero-order valence-electron chi connectivity index (χ0n) is 13.1. The van der Waals surface area contributed by atoms with Gasteiger partial charge >= 0.3 is 0 Å². The highest BCUT2D eigenvalue weighted by molar-refractivity contribution is 8.14. The smallest absolute Gasteiger partial charge is 0.289 e. The lowest BCUT2D eigenvalue weighted by Crippen LogP contribution is -2.41. The maximum absolute atomic E-state index is 12.7. The quantitative estimate of drug-likeness (QED) is 0.812. The molecule has 1 aromatic heterocycles. The van der Waals surface area contributed by atoms with Gasteiger partial charge in [-0.3, -0.25) is 24.1 Å². The number of para-hydroxylation sites is 1. The molecule has 1 atom stereocenters. The number of benzene rings is 1. The molecule has 0 bridgehead atoms. The molecule has 8 heteroatoms. The Morgan fingerprint density at radius 2 is 2.00 bits per heavy atom. The Balaban J connectivity index is 1.57. The number of carbonyl (C=O) groups is 3. The molecule has 0 N–H and O–H groups in total. The van der Waals surface area contributed by atoms with Crippen LogP contribution in [0.1, 0.15) is 17.0 Å². The molecule has 0 radical (unpaired) electrons. The third-order valence-electron chi connectivity index (χ3n) is 4.45. The molecule has 7 nitrogen and oxygen atoms in total. The molecule has 1 unspecified atom stereocenters. The summed E-state index contributed by atoms with van der Waals surface area (Å²) in [7, 11) is 0. The minimum atomic E-state index is -0.405. The van der Waals surface area contributed by atoms with Crippen LogP contribution in [-0.2, 0) is 4.79 Å². The Hall–Kier alpha value is -2.61. The van der Waals surface area contributed by atoms with Crippen LogP contribution < -0.4 is 5.43 Å². The van der Waals surface area contributed by atoms with Crippen LogP contribution in [0.3, 0.4) is 0 Å². The predicted octanol–water partition coefficient (Wildman–Crippen LogP) is 1.70. The molecule has 0 aliphatic carbocycles. The summed E-state index contributed by atoms with van der Waals surface area (Å²) in [5.74, 6) is -0.496. The molecule has 4 rings (SSSR count).